The minimum Gasteiger partial charge on any atom is -0.285 e. The molecule has 2 heterocycles. The number of halogens is 4. The van der Waals surface area contributed by atoms with Gasteiger partial charge in [-0.3, -0.25) is 4.40 Å². The molecular formula is C16H11BrF3N3. The number of fused-ring (bicyclic) bond motifs is 1. The summed E-state index contributed by atoms with van der Waals surface area (Å²) in [5, 5.41) is 8.38. The normalized spacial score (nSPS) is 16.7. The lowest BCUT2D eigenvalue weighted by atomic mass is 9.93. The molecule has 1 aliphatic carbocycles. The van der Waals surface area contributed by atoms with Gasteiger partial charge in [-0.2, -0.15) is 13.2 Å². The molecule has 0 unspecified atom stereocenters. The summed E-state index contributed by atoms with van der Waals surface area (Å²) in [6.07, 6.45) is -0.969. The average molecular weight is 382 g/mol. The van der Waals surface area contributed by atoms with Crippen LogP contribution < -0.4 is 0 Å². The highest BCUT2D eigenvalue weighted by atomic mass is 79.9. The Morgan fingerprint density at radius 1 is 1.09 bits per heavy atom. The van der Waals surface area contributed by atoms with Gasteiger partial charge in [0, 0.05) is 10.7 Å². The molecule has 0 bridgehead atoms. The molecule has 2 aromatic heterocycles. The van der Waals surface area contributed by atoms with Crippen molar-refractivity contribution in [2.24, 2.45) is 0 Å². The van der Waals surface area contributed by atoms with Crippen LogP contribution >= 0.6 is 15.9 Å². The minimum absolute atomic E-state index is 0.485. The summed E-state index contributed by atoms with van der Waals surface area (Å²) in [6, 6.07) is 9.20. The molecule has 23 heavy (non-hydrogen) atoms. The van der Waals surface area contributed by atoms with Crippen molar-refractivity contribution in [3.05, 3.63) is 64.0 Å². The highest BCUT2D eigenvalue weighted by Crippen LogP contribution is 2.53. The van der Waals surface area contributed by atoms with E-state index in [1.54, 1.807) is 6.07 Å². The fraction of sp³-hybridized carbons (Fsp3) is 0.250. The molecule has 0 radical (unpaired) electrons. The van der Waals surface area contributed by atoms with Gasteiger partial charge in [0.2, 0.25) is 0 Å². The first-order valence-electron chi connectivity index (χ1n) is 7.09. The van der Waals surface area contributed by atoms with Gasteiger partial charge in [-0.15, -0.1) is 10.2 Å². The molecule has 0 N–H and O–H groups in total. The highest BCUT2D eigenvalue weighted by Gasteiger charge is 2.50. The monoisotopic (exact) mass is 381 g/mol. The third-order valence-electron chi connectivity index (χ3n) is 4.29. The van der Waals surface area contributed by atoms with Gasteiger partial charge in [-0.25, -0.2) is 0 Å². The van der Waals surface area contributed by atoms with E-state index < -0.39 is 17.2 Å². The quantitative estimate of drug-likeness (QED) is 0.649. The van der Waals surface area contributed by atoms with Crippen LogP contribution in [0.2, 0.25) is 0 Å². The van der Waals surface area contributed by atoms with Gasteiger partial charge in [-0.1, -0.05) is 18.2 Å². The highest BCUT2D eigenvalue weighted by molar-refractivity contribution is 9.10. The third kappa shape index (κ3) is 2.34. The topological polar surface area (TPSA) is 30.2 Å². The summed E-state index contributed by atoms with van der Waals surface area (Å²) >= 11 is 3.41. The first-order valence-corrected chi connectivity index (χ1v) is 7.88. The molecular weight excluding hydrogens is 371 g/mol. The Morgan fingerprint density at radius 3 is 2.57 bits per heavy atom. The van der Waals surface area contributed by atoms with Crippen LogP contribution in [0, 0.1) is 0 Å². The molecule has 3 nitrogen and oxygen atoms in total. The summed E-state index contributed by atoms with van der Waals surface area (Å²) in [6.45, 7) is 0. The van der Waals surface area contributed by atoms with Crippen molar-refractivity contribution in [3.8, 4) is 0 Å². The van der Waals surface area contributed by atoms with E-state index in [9.17, 15) is 13.2 Å². The number of pyridine rings is 1. The number of hydrogen-bond donors (Lipinski definition) is 0. The Hall–Kier alpha value is -1.89. The van der Waals surface area contributed by atoms with Crippen molar-refractivity contribution in [1.82, 2.24) is 14.6 Å². The molecule has 0 spiro atoms. The second kappa shape index (κ2) is 4.80. The smallest absolute Gasteiger partial charge is 0.285 e. The molecule has 0 saturated heterocycles. The third-order valence-corrected chi connectivity index (χ3v) is 4.76. The zero-order valence-electron chi connectivity index (χ0n) is 11.8. The number of nitrogens with zero attached hydrogens (tertiary/aromatic N) is 3. The van der Waals surface area contributed by atoms with Gasteiger partial charge in [0.25, 0.3) is 0 Å². The SMILES string of the molecule is FC(F)(F)c1cccc(C2(c3nnc4ccc(Br)cn34)CC2)c1. The Labute approximate surface area is 138 Å². The first-order chi connectivity index (χ1) is 10.9. The number of rotatable bonds is 2. The molecule has 3 aromatic rings. The van der Waals surface area contributed by atoms with Crippen molar-refractivity contribution < 1.29 is 13.2 Å². The van der Waals surface area contributed by atoms with Crippen LogP contribution in [0.3, 0.4) is 0 Å². The second-order valence-corrected chi connectivity index (χ2v) is 6.68. The largest absolute Gasteiger partial charge is 0.416 e. The zero-order valence-corrected chi connectivity index (χ0v) is 13.4. The van der Waals surface area contributed by atoms with E-state index in [0.29, 0.717) is 17.0 Å². The van der Waals surface area contributed by atoms with Crippen molar-refractivity contribution in [1.29, 1.82) is 0 Å². The molecule has 0 amide bonds. The van der Waals surface area contributed by atoms with Gasteiger partial charge in [0.05, 0.1) is 11.0 Å². The lowest BCUT2D eigenvalue weighted by Gasteiger charge is -2.16. The Kier molecular flexibility index (Phi) is 3.07. The zero-order chi connectivity index (χ0) is 16.2. The molecule has 4 rings (SSSR count). The Bertz CT molecular complexity index is 897. The van der Waals surface area contributed by atoms with E-state index in [1.807, 2.05) is 22.7 Å². The van der Waals surface area contributed by atoms with Crippen molar-refractivity contribution in [3.63, 3.8) is 0 Å². The van der Waals surface area contributed by atoms with Crippen LogP contribution in [0.15, 0.2) is 47.1 Å². The van der Waals surface area contributed by atoms with E-state index in [4.69, 9.17) is 0 Å². The van der Waals surface area contributed by atoms with Crippen LogP contribution in [0.25, 0.3) is 5.65 Å². The van der Waals surface area contributed by atoms with Crippen LogP contribution in [-0.4, -0.2) is 14.6 Å². The lowest BCUT2D eigenvalue weighted by Crippen LogP contribution is -2.15. The standard InChI is InChI=1S/C16H11BrF3N3/c17-12-4-5-13-21-22-14(23(13)9-12)15(6-7-15)10-2-1-3-11(8-10)16(18,19)20/h1-5,8-9H,6-7H2. The fourth-order valence-corrected chi connectivity index (χ4v) is 3.29. The fourth-order valence-electron chi connectivity index (χ4n) is 2.95. The Balaban J connectivity index is 1.86. The number of benzene rings is 1. The molecule has 1 aliphatic rings. The van der Waals surface area contributed by atoms with Gasteiger partial charge in [0.15, 0.2) is 5.65 Å². The summed E-state index contributed by atoms with van der Waals surface area (Å²) in [7, 11) is 0. The van der Waals surface area contributed by atoms with E-state index in [2.05, 4.69) is 26.1 Å². The maximum absolute atomic E-state index is 13.0. The molecule has 0 atom stereocenters. The summed E-state index contributed by atoms with van der Waals surface area (Å²) in [4.78, 5) is 0. The average Bonchev–Trinajstić information content (AvgIpc) is 3.21. The molecule has 0 aliphatic heterocycles. The molecule has 1 aromatic carbocycles. The van der Waals surface area contributed by atoms with Crippen LogP contribution in [0.1, 0.15) is 29.8 Å². The van der Waals surface area contributed by atoms with Gasteiger partial charge >= 0.3 is 6.18 Å². The summed E-state index contributed by atoms with van der Waals surface area (Å²) in [5.41, 5.74) is 0.209. The van der Waals surface area contributed by atoms with E-state index in [1.165, 1.54) is 12.1 Å². The van der Waals surface area contributed by atoms with Crippen LogP contribution in [0.4, 0.5) is 13.2 Å². The lowest BCUT2D eigenvalue weighted by molar-refractivity contribution is -0.137. The van der Waals surface area contributed by atoms with Crippen molar-refractivity contribution >= 4 is 21.6 Å². The van der Waals surface area contributed by atoms with Crippen LogP contribution in [-0.2, 0) is 11.6 Å². The summed E-state index contributed by atoms with van der Waals surface area (Å²) in [5.74, 6) is 0.688. The Morgan fingerprint density at radius 2 is 1.87 bits per heavy atom. The maximum atomic E-state index is 13.0. The van der Waals surface area contributed by atoms with E-state index in [-0.39, 0.29) is 0 Å². The molecule has 1 fully saturated rings. The first kappa shape index (κ1) is 14.7. The number of hydrogen-bond acceptors (Lipinski definition) is 2. The minimum atomic E-state index is -4.35. The van der Waals surface area contributed by atoms with Gasteiger partial charge < -0.3 is 0 Å². The van der Waals surface area contributed by atoms with Crippen molar-refractivity contribution in [2.75, 3.05) is 0 Å². The summed E-state index contributed by atoms with van der Waals surface area (Å²) < 4.78 is 41.7. The van der Waals surface area contributed by atoms with Crippen molar-refractivity contribution in [2.45, 2.75) is 24.4 Å². The van der Waals surface area contributed by atoms with E-state index >= 15 is 0 Å². The molecule has 7 heteroatoms. The maximum Gasteiger partial charge on any atom is 0.416 e. The second-order valence-electron chi connectivity index (χ2n) is 5.76. The molecule has 118 valence electrons. The predicted molar refractivity (Wildman–Crippen MR) is 82.1 cm³/mol. The van der Waals surface area contributed by atoms with Crippen LogP contribution in [0.5, 0.6) is 0 Å². The number of aromatic nitrogens is 3. The predicted octanol–water partition coefficient (Wildman–Crippen LogP) is 4.59. The van der Waals surface area contributed by atoms with E-state index in [0.717, 1.165) is 23.4 Å². The van der Waals surface area contributed by atoms with Gasteiger partial charge in [-0.05, 0) is 52.5 Å². The van der Waals surface area contributed by atoms with Gasteiger partial charge in [0.1, 0.15) is 5.82 Å². The molecule has 1 saturated carbocycles. The number of alkyl halides is 3.